The van der Waals surface area contributed by atoms with Crippen LogP contribution >= 0.6 is 0 Å². The zero-order chi connectivity index (χ0) is 14.7. The molecular formula is C13H18O6. The van der Waals surface area contributed by atoms with Crippen LogP contribution in [0.2, 0.25) is 0 Å². The van der Waals surface area contributed by atoms with E-state index in [9.17, 15) is 14.4 Å². The molecule has 0 saturated carbocycles. The van der Waals surface area contributed by atoms with Gasteiger partial charge in [0.05, 0.1) is 7.11 Å². The lowest BCUT2D eigenvalue weighted by molar-refractivity contribution is -0.251. The molecule has 1 fully saturated rings. The van der Waals surface area contributed by atoms with Gasteiger partial charge >= 0.3 is 17.9 Å². The average Bonchev–Trinajstić information content (AvgIpc) is 2.30. The van der Waals surface area contributed by atoms with Crippen molar-refractivity contribution in [3.05, 3.63) is 12.7 Å². The lowest BCUT2D eigenvalue weighted by Crippen LogP contribution is -2.53. The van der Waals surface area contributed by atoms with Crippen molar-refractivity contribution in [3.8, 4) is 0 Å². The molecule has 1 rings (SSSR count). The molecule has 0 bridgehead atoms. The number of methoxy groups -OCH3 is 1. The van der Waals surface area contributed by atoms with E-state index in [0.717, 1.165) is 0 Å². The average molecular weight is 270 g/mol. The number of hydrogen-bond donors (Lipinski definition) is 0. The summed E-state index contributed by atoms with van der Waals surface area (Å²) in [5.41, 5.74) is -1.51. The molecule has 0 N–H and O–H groups in total. The van der Waals surface area contributed by atoms with E-state index in [4.69, 9.17) is 9.47 Å². The number of carbonyl (C=O) groups excluding carboxylic acids is 3. The maximum Gasteiger partial charge on any atom is 0.327 e. The van der Waals surface area contributed by atoms with Crippen LogP contribution in [0.3, 0.4) is 0 Å². The van der Waals surface area contributed by atoms with Crippen molar-refractivity contribution in [1.29, 1.82) is 0 Å². The predicted molar refractivity (Wildman–Crippen MR) is 64.8 cm³/mol. The highest BCUT2D eigenvalue weighted by molar-refractivity contribution is 6.02. The third kappa shape index (κ3) is 3.13. The minimum absolute atomic E-state index is 0.0283. The number of ether oxygens (including phenoxy) is 3. The van der Waals surface area contributed by atoms with Crippen LogP contribution in [0.5, 0.6) is 0 Å². The second kappa shape index (κ2) is 5.42. The van der Waals surface area contributed by atoms with E-state index in [1.807, 2.05) is 0 Å². The molecule has 0 unspecified atom stereocenters. The Kier molecular flexibility index (Phi) is 4.34. The van der Waals surface area contributed by atoms with Crippen molar-refractivity contribution in [2.45, 2.75) is 38.9 Å². The number of esters is 3. The van der Waals surface area contributed by atoms with E-state index in [1.165, 1.54) is 27.0 Å². The number of cyclic esters (lactones) is 2. The monoisotopic (exact) mass is 270 g/mol. The van der Waals surface area contributed by atoms with Crippen molar-refractivity contribution in [3.63, 3.8) is 0 Å². The molecule has 0 aromatic heterocycles. The van der Waals surface area contributed by atoms with Gasteiger partial charge < -0.3 is 14.2 Å². The minimum atomic E-state index is -1.51. The molecule has 0 atom stereocenters. The second-order valence-electron chi connectivity index (χ2n) is 4.83. The molecule has 1 saturated heterocycles. The topological polar surface area (TPSA) is 78.9 Å². The SMILES string of the molecule is C=CCC1(CCC(=O)OC)C(=O)OC(C)(C)OC1=O. The molecule has 1 heterocycles. The van der Waals surface area contributed by atoms with Gasteiger partial charge in [0.15, 0.2) is 5.41 Å². The smallest absolute Gasteiger partial charge is 0.327 e. The van der Waals surface area contributed by atoms with E-state index in [-0.39, 0.29) is 19.3 Å². The molecule has 1 aliphatic rings. The molecular weight excluding hydrogens is 252 g/mol. The Balaban J connectivity index is 2.97. The van der Waals surface area contributed by atoms with Crippen molar-refractivity contribution in [2.24, 2.45) is 5.41 Å². The van der Waals surface area contributed by atoms with Gasteiger partial charge in [-0.15, -0.1) is 6.58 Å². The first-order valence-electron chi connectivity index (χ1n) is 5.92. The van der Waals surface area contributed by atoms with Crippen molar-refractivity contribution < 1.29 is 28.6 Å². The Hall–Kier alpha value is -1.85. The first kappa shape index (κ1) is 15.2. The fourth-order valence-corrected chi connectivity index (χ4v) is 1.88. The highest BCUT2D eigenvalue weighted by atomic mass is 16.7. The van der Waals surface area contributed by atoms with Crippen LogP contribution in [0.1, 0.15) is 33.1 Å². The number of carbonyl (C=O) groups is 3. The maximum absolute atomic E-state index is 12.1. The molecule has 0 radical (unpaired) electrons. The van der Waals surface area contributed by atoms with Crippen LogP contribution in [0.25, 0.3) is 0 Å². The number of hydrogen-bond acceptors (Lipinski definition) is 6. The van der Waals surface area contributed by atoms with Gasteiger partial charge in [0.25, 0.3) is 5.79 Å². The van der Waals surface area contributed by atoms with Crippen LogP contribution in [0.15, 0.2) is 12.7 Å². The largest absolute Gasteiger partial charge is 0.469 e. The summed E-state index contributed by atoms with van der Waals surface area (Å²) in [6.07, 6.45) is 1.38. The summed E-state index contributed by atoms with van der Waals surface area (Å²) in [5.74, 6) is -3.19. The van der Waals surface area contributed by atoms with Crippen molar-refractivity contribution in [2.75, 3.05) is 7.11 Å². The molecule has 19 heavy (non-hydrogen) atoms. The fourth-order valence-electron chi connectivity index (χ4n) is 1.88. The quantitative estimate of drug-likeness (QED) is 0.426. The normalized spacial score (nSPS) is 20.2. The number of rotatable bonds is 5. The summed E-state index contributed by atoms with van der Waals surface area (Å²) in [6.45, 7) is 6.47. The summed E-state index contributed by atoms with van der Waals surface area (Å²) in [7, 11) is 1.24. The molecule has 0 aromatic rings. The fraction of sp³-hybridized carbons (Fsp3) is 0.615. The second-order valence-corrected chi connectivity index (χ2v) is 4.83. The van der Waals surface area contributed by atoms with Crippen LogP contribution in [-0.2, 0) is 28.6 Å². The van der Waals surface area contributed by atoms with Crippen LogP contribution in [-0.4, -0.2) is 30.8 Å². The zero-order valence-electron chi connectivity index (χ0n) is 11.4. The molecule has 0 aliphatic carbocycles. The van der Waals surface area contributed by atoms with Gasteiger partial charge in [-0.2, -0.15) is 0 Å². The third-order valence-corrected chi connectivity index (χ3v) is 2.93. The van der Waals surface area contributed by atoms with Crippen LogP contribution in [0, 0.1) is 5.41 Å². The Bertz CT molecular complexity index is 389. The van der Waals surface area contributed by atoms with Gasteiger partial charge in [-0.3, -0.25) is 14.4 Å². The molecule has 6 heteroatoms. The summed E-state index contributed by atoms with van der Waals surface area (Å²) in [4.78, 5) is 35.4. The van der Waals surface area contributed by atoms with Gasteiger partial charge in [-0.25, -0.2) is 0 Å². The van der Waals surface area contributed by atoms with E-state index in [0.29, 0.717) is 0 Å². The lowest BCUT2D eigenvalue weighted by Gasteiger charge is -2.39. The minimum Gasteiger partial charge on any atom is -0.469 e. The van der Waals surface area contributed by atoms with Gasteiger partial charge in [-0.05, 0) is 12.8 Å². The first-order chi connectivity index (χ1) is 8.77. The zero-order valence-corrected chi connectivity index (χ0v) is 11.4. The summed E-state index contributed by atoms with van der Waals surface area (Å²) in [5, 5.41) is 0. The highest BCUT2D eigenvalue weighted by Crippen LogP contribution is 2.39. The summed E-state index contributed by atoms with van der Waals surface area (Å²) in [6, 6.07) is 0. The van der Waals surface area contributed by atoms with E-state index in [2.05, 4.69) is 11.3 Å². The molecule has 1 aliphatic heterocycles. The maximum atomic E-state index is 12.1. The van der Waals surface area contributed by atoms with Crippen LogP contribution in [0.4, 0.5) is 0 Å². The Labute approximate surface area is 111 Å². The van der Waals surface area contributed by atoms with Gasteiger partial charge in [0.1, 0.15) is 0 Å². The molecule has 0 spiro atoms. The van der Waals surface area contributed by atoms with Gasteiger partial charge in [-0.1, -0.05) is 6.08 Å². The van der Waals surface area contributed by atoms with Crippen molar-refractivity contribution >= 4 is 17.9 Å². The third-order valence-electron chi connectivity index (χ3n) is 2.93. The van der Waals surface area contributed by atoms with Gasteiger partial charge in [0, 0.05) is 20.3 Å². The summed E-state index contributed by atoms with van der Waals surface area (Å²) >= 11 is 0. The van der Waals surface area contributed by atoms with E-state index >= 15 is 0 Å². The Morgan fingerprint density at radius 3 is 2.26 bits per heavy atom. The predicted octanol–water partition coefficient (Wildman–Crippen LogP) is 1.34. The van der Waals surface area contributed by atoms with Gasteiger partial charge in [0.2, 0.25) is 0 Å². The lowest BCUT2D eigenvalue weighted by atomic mass is 9.79. The van der Waals surface area contributed by atoms with Crippen LogP contribution < -0.4 is 0 Å². The first-order valence-corrected chi connectivity index (χ1v) is 5.92. The van der Waals surface area contributed by atoms with E-state index < -0.39 is 29.1 Å². The summed E-state index contributed by atoms with van der Waals surface area (Å²) < 4.78 is 14.7. The Morgan fingerprint density at radius 1 is 1.32 bits per heavy atom. The highest BCUT2D eigenvalue weighted by Gasteiger charge is 2.55. The van der Waals surface area contributed by atoms with E-state index in [1.54, 1.807) is 0 Å². The Morgan fingerprint density at radius 2 is 1.84 bits per heavy atom. The number of allylic oxidation sites excluding steroid dienone is 1. The van der Waals surface area contributed by atoms with Crippen molar-refractivity contribution in [1.82, 2.24) is 0 Å². The molecule has 0 aromatic carbocycles. The molecule has 6 nitrogen and oxygen atoms in total. The standard InChI is InChI=1S/C13H18O6/c1-5-7-13(8-6-9(14)17-4)10(15)18-12(2,3)19-11(13)16/h5H,1,6-8H2,2-4H3. The molecule has 0 amide bonds. The molecule has 106 valence electrons.